The number of hydrogen-bond donors (Lipinski definition) is 1. The van der Waals surface area contributed by atoms with Crippen LogP contribution in [0.2, 0.25) is 5.02 Å². The van der Waals surface area contributed by atoms with Gasteiger partial charge in [-0.15, -0.1) is 0 Å². The molecule has 0 aliphatic carbocycles. The first-order valence-electron chi connectivity index (χ1n) is 7.45. The topological polar surface area (TPSA) is 78.0 Å². The SMILES string of the molecule is NC(=O)c1cc(-c2ccc(Cl)cc2)nn(-c2cccc(C(F)F)c2)c1=O. The summed E-state index contributed by atoms with van der Waals surface area (Å²) < 4.78 is 26.8. The Hall–Kier alpha value is -3.06. The second kappa shape index (κ2) is 7.05. The van der Waals surface area contributed by atoms with Crippen LogP contribution in [0, 0.1) is 0 Å². The van der Waals surface area contributed by atoms with Gasteiger partial charge in [0, 0.05) is 16.1 Å². The van der Waals surface area contributed by atoms with Crippen molar-refractivity contribution in [1.82, 2.24) is 9.78 Å². The number of nitrogens with two attached hydrogens (primary N) is 1. The van der Waals surface area contributed by atoms with Crippen molar-refractivity contribution in [3.63, 3.8) is 0 Å². The molecule has 0 spiro atoms. The molecule has 132 valence electrons. The molecule has 0 aliphatic rings. The third-order valence-electron chi connectivity index (χ3n) is 3.68. The molecule has 0 radical (unpaired) electrons. The van der Waals surface area contributed by atoms with Crippen LogP contribution < -0.4 is 11.3 Å². The zero-order valence-electron chi connectivity index (χ0n) is 13.2. The van der Waals surface area contributed by atoms with Gasteiger partial charge in [-0.1, -0.05) is 35.9 Å². The number of nitrogens with zero attached hydrogens (tertiary/aromatic N) is 2. The Balaban J connectivity index is 2.24. The average Bonchev–Trinajstić information content (AvgIpc) is 2.62. The van der Waals surface area contributed by atoms with E-state index in [9.17, 15) is 18.4 Å². The van der Waals surface area contributed by atoms with Crippen LogP contribution in [0.3, 0.4) is 0 Å². The average molecular weight is 376 g/mol. The zero-order valence-corrected chi connectivity index (χ0v) is 14.0. The maximum Gasteiger partial charge on any atom is 0.284 e. The Kier molecular flexibility index (Phi) is 4.81. The predicted octanol–water partition coefficient (Wildman–Crippen LogP) is 3.59. The Labute approximate surface area is 151 Å². The molecular weight excluding hydrogens is 364 g/mol. The van der Waals surface area contributed by atoms with E-state index in [1.165, 1.54) is 24.3 Å². The number of carbonyl (C=O) groups is 1. The molecule has 0 aliphatic heterocycles. The first-order valence-corrected chi connectivity index (χ1v) is 7.83. The number of amides is 1. The molecule has 0 bridgehead atoms. The van der Waals surface area contributed by atoms with Gasteiger partial charge in [-0.3, -0.25) is 9.59 Å². The summed E-state index contributed by atoms with van der Waals surface area (Å²) >= 11 is 5.86. The normalized spacial score (nSPS) is 10.9. The Bertz CT molecular complexity index is 1030. The third kappa shape index (κ3) is 3.48. The van der Waals surface area contributed by atoms with E-state index in [0.717, 1.165) is 10.7 Å². The molecule has 26 heavy (non-hydrogen) atoms. The number of benzene rings is 2. The van der Waals surface area contributed by atoms with E-state index in [1.54, 1.807) is 24.3 Å². The lowest BCUT2D eigenvalue weighted by atomic mass is 10.1. The van der Waals surface area contributed by atoms with Gasteiger partial charge in [0.25, 0.3) is 17.9 Å². The number of aromatic nitrogens is 2. The molecule has 1 amide bonds. The Morgan fingerprint density at radius 3 is 2.42 bits per heavy atom. The maximum atomic E-state index is 13.0. The van der Waals surface area contributed by atoms with Crippen LogP contribution in [0.5, 0.6) is 0 Å². The molecule has 5 nitrogen and oxygen atoms in total. The van der Waals surface area contributed by atoms with Crippen LogP contribution in [-0.4, -0.2) is 15.7 Å². The first-order chi connectivity index (χ1) is 12.4. The lowest BCUT2D eigenvalue weighted by Gasteiger charge is -2.11. The molecule has 0 fully saturated rings. The molecule has 0 atom stereocenters. The summed E-state index contributed by atoms with van der Waals surface area (Å²) in [4.78, 5) is 24.2. The highest BCUT2D eigenvalue weighted by Crippen LogP contribution is 2.22. The molecule has 1 heterocycles. The van der Waals surface area contributed by atoms with Crippen LogP contribution in [0.25, 0.3) is 16.9 Å². The summed E-state index contributed by atoms with van der Waals surface area (Å²) in [5.41, 5.74) is 4.89. The van der Waals surface area contributed by atoms with Crippen molar-refractivity contribution >= 4 is 17.5 Å². The van der Waals surface area contributed by atoms with Crippen LogP contribution in [0.1, 0.15) is 22.3 Å². The minimum Gasteiger partial charge on any atom is -0.365 e. The van der Waals surface area contributed by atoms with Crippen LogP contribution >= 0.6 is 11.6 Å². The van der Waals surface area contributed by atoms with E-state index in [1.807, 2.05) is 0 Å². The number of hydrogen-bond acceptors (Lipinski definition) is 3. The smallest absolute Gasteiger partial charge is 0.284 e. The quantitative estimate of drug-likeness (QED) is 0.757. The van der Waals surface area contributed by atoms with Gasteiger partial charge in [0.2, 0.25) is 0 Å². The number of rotatable bonds is 4. The Morgan fingerprint density at radius 1 is 1.12 bits per heavy atom. The summed E-state index contributed by atoms with van der Waals surface area (Å²) in [5.74, 6) is -0.939. The Morgan fingerprint density at radius 2 is 1.81 bits per heavy atom. The molecule has 2 aromatic carbocycles. The predicted molar refractivity (Wildman–Crippen MR) is 93.8 cm³/mol. The monoisotopic (exact) mass is 375 g/mol. The van der Waals surface area contributed by atoms with Crippen LogP contribution in [0.4, 0.5) is 8.78 Å². The van der Waals surface area contributed by atoms with Crippen LogP contribution in [0.15, 0.2) is 59.4 Å². The van der Waals surface area contributed by atoms with Gasteiger partial charge >= 0.3 is 0 Å². The van der Waals surface area contributed by atoms with Crippen molar-refractivity contribution in [2.24, 2.45) is 5.73 Å². The second-order valence-corrected chi connectivity index (χ2v) is 5.86. The third-order valence-corrected chi connectivity index (χ3v) is 3.94. The molecular formula is C18H12ClF2N3O2. The summed E-state index contributed by atoms with van der Waals surface area (Å²) in [6, 6.07) is 13.0. The number of primary amides is 1. The van der Waals surface area contributed by atoms with Crippen molar-refractivity contribution in [1.29, 1.82) is 0 Å². The minimum absolute atomic E-state index is 0.103. The van der Waals surface area contributed by atoms with E-state index in [0.29, 0.717) is 10.6 Å². The molecule has 3 rings (SSSR count). The van der Waals surface area contributed by atoms with Gasteiger partial charge in [-0.2, -0.15) is 9.78 Å². The minimum atomic E-state index is -2.71. The van der Waals surface area contributed by atoms with E-state index >= 15 is 0 Å². The van der Waals surface area contributed by atoms with Gasteiger partial charge in [0.15, 0.2) is 0 Å². The largest absolute Gasteiger partial charge is 0.365 e. The van der Waals surface area contributed by atoms with E-state index in [2.05, 4.69) is 5.10 Å². The molecule has 0 saturated heterocycles. The molecule has 1 aromatic heterocycles. The highest BCUT2D eigenvalue weighted by molar-refractivity contribution is 6.30. The van der Waals surface area contributed by atoms with Crippen LogP contribution in [-0.2, 0) is 0 Å². The van der Waals surface area contributed by atoms with E-state index < -0.39 is 17.9 Å². The zero-order chi connectivity index (χ0) is 18.8. The maximum absolute atomic E-state index is 13.0. The fourth-order valence-electron chi connectivity index (χ4n) is 2.40. The standard InChI is InChI=1S/C18H12ClF2N3O2/c19-12-6-4-10(5-7-12)15-9-14(17(22)25)18(26)24(23-15)13-3-1-2-11(8-13)16(20)21/h1-9,16H,(H2,22,25). The first kappa shape index (κ1) is 17.8. The molecule has 8 heteroatoms. The fourth-order valence-corrected chi connectivity index (χ4v) is 2.53. The fraction of sp³-hybridized carbons (Fsp3) is 0.0556. The molecule has 0 saturated carbocycles. The molecule has 2 N–H and O–H groups in total. The van der Waals surface area contributed by atoms with Gasteiger partial charge in [-0.25, -0.2) is 8.78 Å². The lowest BCUT2D eigenvalue weighted by molar-refractivity contribution is 0.0998. The second-order valence-electron chi connectivity index (χ2n) is 5.43. The summed E-state index contributed by atoms with van der Waals surface area (Å²) in [5, 5.41) is 4.70. The number of halogens is 3. The number of alkyl halides is 2. The summed E-state index contributed by atoms with van der Waals surface area (Å²) in [7, 11) is 0. The van der Waals surface area contributed by atoms with Crippen molar-refractivity contribution in [3.05, 3.63) is 81.1 Å². The lowest BCUT2D eigenvalue weighted by Crippen LogP contribution is -2.30. The van der Waals surface area contributed by atoms with Gasteiger partial charge in [0.05, 0.1) is 11.4 Å². The van der Waals surface area contributed by atoms with Crippen molar-refractivity contribution < 1.29 is 13.6 Å². The molecule has 3 aromatic rings. The molecule has 0 unspecified atom stereocenters. The highest BCUT2D eigenvalue weighted by Gasteiger charge is 2.16. The highest BCUT2D eigenvalue weighted by atomic mass is 35.5. The van der Waals surface area contributed by atoms with Gasteiger partial charge in [-0.05, 0) is 30.3 Å². The van der Waals surface area contributed by atoms with Crippen molar-refractivity contribution in [3.8, 4) is 16.9 Å². The van der Waals surface area contributed by atoms with E-state index in [4.69, 9.17) is 17.3 Å². The van der Waals surface area contributed by atoms with Gasteiger partial charge < -0.3 is 5.73 Å². The summed E-state index contributed by atoms with van der Waals surface area (Å²) in [6.45, 7) is 0. The summed E-state index contributed by atoms with van der Waals surface area (Å²) in [6.07, 6.45) is -2.71. The van der Waals surface area contributed by atoms with Gasteiger partial charge in [0.1, 0.15) is 5.56 Å². The van der Waals surface area contributed by atoms with Crippen molar-refractivity contribution in [2.75, 3.05) is 0 Å². The van der Waals surface area contributed by atoms with E-state index in [-0.39, 0.29) is 22.5 Å². The van der Waals surface area contributed by atoms with Crippen molar-refractivity contribution in [2.45, 2.75) is 6.43 Å². The number of carbonyl (C=O) groups excluding carboxylic acids is 1.